The Labute approximate surface area is 418 Å². The number of ether oxygens (including phenoxy) is 1. The summed E-state index contributed by atoms with van der Waals surface area (Å²) in [5.41, 5.74) is 17.9. The SMILES string of the molecule is CSCC[C@H](NC(=O)[C@@H]1CCCN1C(=O)[C@H]1CCCN1C(=O)[C@H](Cc1ccccc1)NC(=O)[C@@H](Cc1c[nH]c2ccccc12)NC(=O)[C@H](C)NC(=O)[C@H](CCCN=C(N)N)NC(=O)OC(C)(C)C)C(N)=O. The van der Waals surface area contributed by atoms with Gasteiger partial charge in [0, 0.05) is 49.6 Å². The number of nitrogens with zero attached hydrogens (tertiary/aromatic N) is 3. The van der Waals surface area contributed by atoms with Gasteiger partial charge in [-0.05, 0) is 102 Å². The number of rotatable bonds is 23. The Morgan fingerprint density at radius 1 is 0.761 bits per heavy atom. The molecule has 0 bridgehead atoms. The molecule has 0 saturated carbocycles. The Morgan fingerprint density at radius 2 is 1.41 bits per heavy atom. The van der Waals surface area contributed by atoms with Gasteiger partial charge in [-0.3, -0.25) is 38.6 Å². The highest BCUT2D eigenvalue weighted by Crippen LogP contribution is 2.27. The topological polar surface area (TPSA) is 319 Å². The average Bonchev–Trinajstić information content (AvgIpc) is 4.11. The zero-order valence-corrected chi connectivity index (χ0v) is 42.0. The lowest BCUT2D eigenvalue weighted by molar-refractivity contribution is -0.148. The van der Waals surface area contributed by atoms with Crippen molar-refractivity contribution in [1.29, 1.82) is 0 Å². The first kappa shape index (κ1) is 55.1. The van der Waals surface area contributed by atoms with Crippen molar-refractivity contribution < 1.29 is 43.1 Å². The number of fused-ring (bicyclic) bond motifs is 1. The van der Waals surface area contributed by atoms with Crippen molar-refractivity contribution in [3.63, 3.8) is 0 Å². The van der Waals surface area contributed by atoms with Crippen LogP contribution >= 0.6 is 11.8 Å². The fourth-order valence-corrected chi connectivity index (χ4v) is 9.19. The number of benzene rings is 2. The van der Waals surface area contributed by atoms with Gasteiger partial charge in [0.25, 0.3) is 0 Å². The summed E-state index contributed by atoms with van der Waals surface area (Å²) in [5.74, 6) is -3.77. The van der Waals surface area contributed by atoms with Crippen molar-refractivity contribution >= 4 is 76.1 Å². The van der Waals surface area contributed by atoms with Crippen LogP contribution in [-0.2, 0) is 51.1 Å². The first-order valence-corrected chi connectivity index (χ1v) is 25.4. The molecule has 5 rings (SSSR count). The fraction of sp³-hybridized carbons (Fsp3) is 0.531. The van der Waals surface area contributed by atoms with E-state index in [4.69, 9.17) is 21.9 Å². The Kier molecular flexibility index (Phi) is 20.1. The lowest BCUT2D eigenvalue weighted by Crippen LogP contribution is -2.60. The predicted molar refractivity (Wildman–Crippen MR) is 270 cm³/mol. The number of H-pyrrole nitrogens is 1. The van der Waals surface area contributed by atoms with E-state index in [1.807, 2.05) is 48.7 Å². The predicted octanol–water partition coefficient (Wildman–Crippen LogP) is 1.08. The second-order valence-corrected chi connectivity index (χ2v) is 19.9. The minimum absolute atomic E-state index is 0.0285. The van der Waals surface area contributed by atoms with E-state index in [0.29, 0.717) is 49.8 Å². The summed E-state index contributed by atoms with van der Waals surface area (Å²) in [7, 11) is 0. The number of aromatic amines is 1. The van der Waals surface area contributed by atoms with E-state index in [2.05, 4.69) is 36.6 Å². The van der Waals surface area contributed by atoms with Gasteiger partial charge in [0.05, 0.1) is 0 Å². The highest BCUT2D eigenvalue weighted by atomic mass is 32.2. The zero-order valence-electron chi connectivity index (χ0n) is 41.2. The number of carbonyl (C=O) groups excluding carboxylic acids is 8. The van der Waals surface area contributed by atoms with Crippen LogP contribution in [0.25, 0.3) is 10.9 Å². The van der Waals surface area contributed by atoms with Crippen molar-refractivity contribution in [3.8, 4) is 0 Å². The molecule has 7 atom stereocenters. The maximum Gasteiger partial charge on any atom is 0.408 e. The Bertz CT molecular complexity index is 2390. The average molecular weight is 1000 g/mol. The van der Waals surface area contributed by atoms with Gasteiger partial charge in [-0.2, -0.15) is 11.8 Å². The maximum absolute atomic E-state index is 14.9. The number of amides is 8. The van der Waals surface area contributed by atoms with Crippen molar-refractivity contribution in [2.75, 3.05) is 31.6 Å². The van der Waals surface area contributed by atoms with Crippen LogP contribution < -0.4 is 43.8 Å². The standard InChI is InChI=1S/C49H70N12O9S/c1-29(55-42(64)35(18-11-22-53-47(51)52)59-48(69)70-49(2,3)4)41(63)57-36(27-31-28-54-33-17-10-9-16-32(31)33)43(65)58-37(26-30-14-7-6-8-15-30)45(67)61-24-13-20-39(61)46(68)60-23-12-19-38(60)44(66)56-34(40(50)62)21-25-71-5/h6-10,14-17,28-29,34-39,54H,11-13,18-27H2,1-5H3,(H2,50,62)(H,55,64)(H,56,66)(H,57,63)(H,58,65)(H,59,69)(H4,51,52,53)/t29-,34-,35-,36+,37-,38-,39+/m0/s1. The summed E-state index contributed by atoms with van der Waals surface area (Å²) in [4.78, 5) is 120. The van der Waals surface area contributed by atoms with Gasteiger partial charge in [-0.25, -0.2) is 4.79 Å². The number of aromatic nitrogens is 1. The van der Waals surface area contributed by atoms with Crippen LogP contribution in [-0.4, -0.2) is 148 Å². The molecule has 0 unspecified atom stereocenters. The molecule has 2 fully saturated rings. The number of carbonyl (C=O) groups is 8. The lowest BCUT2D eigenvalue weighted by atomic mass is 10.0. The van der Waals surface area contributed by atoms with Crippen molar-refractivity contribution in [1.82, 2.24) is 41.4 Å². The van der Waals surface area contributed by atoms with E-state index in [-0.39, 0.29) is 44.9 Å². The molecular formula is C49H70N12O9S. The van der Waals surface area contributed by atoms with Crippen molar-refractivity contribution in [3.05, 3.63) is 71.9 Å². The molecule has 0 radical (unpaired) electrons. The number of nitrogens with one attached hydrogen (secondary N) is 6. The van der Waals surface area contributed by atoms with Gasteiger partial charge in [-0.15, -0.1) is 0 Å². The van der Waals surface area contributed by atoms with Gasteiger partial charge in [-0.1, -0.05) is 48.5 Å². The number of para-hydroxylation sites is 1. The van der Waals surface area contributed by atoms with Gasteiger partial charge >= 0.3 is 6.09 Å². The highest BCUT2D eigenvalue weighted by Gasteiger charge is 2.44. The number of nitrogens with two attached hydrogens (primary N) is 3. The van der Waals surface area contributed by atoms with Gasteiger partial charge in [0.2, 0.25) is 41.4 Å². The molecule has 2 saturated heterocycles. The molecule has 2 aliphatic heterocycles. The van der Waals surface area contributed by atoms with E-state index in [1.165, 1.54) is 28.5 Å². The number of primary amides is 1. The van der Waals surface area contributed by atoms with E-state index in [1.54, 1.807) is 39.1 Å². The number of aliphatic imine (C=N–C) groups is 1. The Hall–Kier alpha value is -6.84. The maximum atomic E-state index is 14.9. The minimum atomic E-state index is -1.29. The first-order valence-electron chi connectivity index (χ1n) is 24.0. The van der Waals surface area contributed by atoms with Crippen molar-refractivity contribution in [2.45, 2.75) is 133 Å². The summed E-state index contributed by atoms with van der Waals surface area (Å²) >= 11 is 1.51. The normalized spacial score (nSPS) is 17.8. The minimum Gasteiger partial charge on any atom is -0.444 e. The van der Waals surface area contributed by atoms with E-state index >= 15 is 0 Å². The number of thioether (sulfide) groups is 1. The third kappa shape index (κ3) is 16.1. The number of hydrogen-bond acceptors (Lipinski definition) is 11. The molecular weight excluding hydrogens is 933 g/mol. The quantitative estimate of drug-likeness (QED) is 0.0366. The third-order valence-electron chi connectivity index (χ3n) is 12.3. The largest absolute Gasteiger partial charge is 0.444 e. The Morgan fingerprint density at radius 3 is 2.08 bits per heavy atom. The second-order valence-electron chi connectivity index (χ2n) is 18.9. The monoisotopic (exact) mass is 1000 g/mol. The number of likely N-dealkylation sites (tertiary alicyclic amines) is 2. The lowest BCUT2D eigenvalue weighted by Gasteiger charge is -2.33. The molecule has 3 heterocycles. The van der Waals surface area contributed by atoms with Gasteiger partial charge < -0.3 is 63.3 Å². The molecule has 21 nitrogen and oxygen atoms in total. The first-order chi connectivity index (χ1) is 33.8. The third-order valence-corrected chi connectivity index (χ3v) is 12.9. The highest BCUT2D eigenvalue weighted by molar-refractivity contribution is 7.98. The van der Waals surface area contributed by atoms with Gasteiger partial charge in [0.1, 0.15) is 47.9 Å². The van der Waals surface area contributed by atoms with Crippen LogP contribution in [0.15, 0.2) is 65.8 Å². The summed E-state index contributed by atoms with van der Waals surface area (Å²) in [6.45, 7) is 7.11. The van der Waals surface area contributed by atoms with Crippen molar-refractivity contribution in [2.24, 2.45) is 22.2 Å². The number of hydrogen-bond donors (Lipinski definition) is 9. The molecule has 12 N–H and O–H groups in total. The molecule has 71 heavy (non-hydrogen) atoms. The van der Waals surface area contributed by atoms with Gasteiger partial charge in [0.15, 0.2) is 5.96 Å². The van der Waals surface area contributed by atoms with Crippen LogP contribution in [0.3, 0.4) is 0 Å². The van der Waals surface area contributed by atoms with E-state index in [9.17, 15) is 38.4 Å². The van der Waals surface area contributed by atoms with Crippen LogP contribution in [0, 0.1) is 0 Å². The summed E-state index contributed by atoms with van der Waals surface area (Å²) in [6.07, 6.45) is 5.22. The molecule has 2 aromatic carbocycles. The molecule has 8 amide bonds. The van der Waals surface area contributed by atoms with Crippen LogP contribution in [0.1, 0.15) is 83.8 Å². The fourth-order valence-electron chi connectivity index (χ4n) is 8.72. The summed E-state index contributed by atoms with van der Waals surface area (Å²) in [6, 6.07) is 8.92. The molecule has 3 aromatic rings. The van der Waals surface area contributed by atoms with E-state index < -0.39 is 95.3 Å². The molecule has 0 spiro atoms. The molecule has 386 valence electrons. The molecule has 2 aliphatic rings. The Balaban J connectivity index is 1.37. The zero-order chi connectivity index (χ0) is 51.8. The second kappa shape index (κ2) is 25.9. The number of guanidine groups is 1. The summed E-state index contributed by atoms with van der Waals surface area (Å²) < 4.78 is 5.38. The van der Waals surface area contributed by atoms with Crippen LogP contribution in [0.5, 0.6) is 0 Å². The van der Waals surface area contributed by atoms with Crippen LogP contribution in [0.4, 0.5) is 4.79 Å². The molecule has 1 aromatic heterocycles. The molecule has 0 aliphatic carbocycles. The summed E-state index contributed by atoms with van der Waals surface area (Å²) in [5, 5.41) is 14.5. The van der Waals surface area contributed by atoms with E-state index in [0.717, 1.165) is 16.5 Å². The van der Waals surface area contributed by atoms with Crippen LogP contribution in [0.2, 0.25) is 0 Å². The molecule has 22 heteroatoms. The number of alkyl carbamates (subject to hydrolysis) is 1. The smallest absolute Gasteiger partial charge is 0.408 e.